The van der Waals surface area contributed by atoms with Gasteiger partial charge in [0.05, 0.1) is 35.7 Å². The molecule has 1 aliphatic heterocycles. The molecule has 1 aliphatic carbocycles. The first-order valence-electron chi connectivity index (χ1n) is 13.2. The fourth-order valence-corrected chi connectivity index (χ4v) is 5.19. The molecular weight excluding hydrogens is 488 g/mol. The SMILES string of the molecule is Cc1ccc2ccc(N[C@H]3CC[C@H](CCNc4ncc(C(C)C(=O)NC5COC5)cn4)CC3)nc2c1Cl. The van der Waals surface area contributed by atoms with Gasteiger partial charge in [0.1, 0.15) is 5.82 Å². The van der Waals surface area contributed by atoms with Gasteiger partial charge >= 0.3 is 0 Å². The molecule has 1 amide bonds. The highest BCUT2D eigenvalue weighted by molar-refractivity contribution is 6.35. The van der Waals surface area contributed by atoms with Crippen molar-refractivity contribution in [3.63, 3.8) is 0 Å². The van der Waals surface area contributed by atoms with Crippen molar-refractivity contribution in [2.45, 2.75) is 64.0 Å². The Bertz CT molecular complexity index is 1230. The standard InChI is InChI=1S/C28H35ClN6O2/c1-17-3-6-20-7-10-24(35-26(20)25(17)29)33-22-8-4-19(5-9-22)11-12-30-28-31-13-21(14-32-28)18(2)27(36)34-23-15-37-16-23/h3,6-7,10,13-14,18-19,22-23H,4-5,8-9,11-12,15-16H2,1-2H3,(H,33,35)(H,34,36)(H,30,31,32)/t18?,19-,22-. The summed E-state index contributed by atoms with van der Waals surface area (Å²) in [4.78, 5) is 25.9. The number of pyridine rings is 1. The van der Waals surface area contributed by atoms with E-state index < -0.39 is 0 Å². The van der Waals surface area contributed by atoms with Crippen molar-refractivity contribution in [1.82, 2.24) is 20.3 Å². The van der Waals surface area contributed by atoms with E-state index in [1.807, 2.05) is 26.0 Å². The molecule has 2 aliphatic rings. The third kappa shape index (κ3) is 6.30. The predicted octanol–water partition coefficient (Wildman–Crippen LogP) is 5.08. The molecule has 3 N–H and O–H groups in total. The second-order valence-electron chi connectivity index (χ2n) is 10.3. The number of hydrogen-bond donors (Lipinski definition) is 3. The fraction of sp³-hybridized carbons (Fsp3) is 0.500. The summed E-state index contributed by atoms with van der Waals surface area (Å²) in [6.07, 6.45) is 9.19. The number of nitrogens with one attached hydrogen (secondary N) is 3. The quantitative estimate of drug-likeness (QED) is 0.360. The van der Waals surface area contributed by atoms with E-state index in [4.69, 9.17) is 21.3 Å². The molecule has 37 heavy (non-hydrogen) atoms. The van der Waals surface area contributed by atoms with E-state index in [1.165, 1.54) is 12.8 Å². The molecule has 196 valence electrons. The Labute approximate surface area is 223 Å². The first-order valence-corrected chi connectivity index (χ1v) is 13.6. The van der Waals surface area contributed by atoms with Gasteiger partial charge in [-0.2, -0.15) is 0 Å². The van der Waals surface area contributed by atoms with Gasteiger partial charge in [0, 0.05) is 35.9 Å². The number of nitrogens with zero attached hydrogens (tertiary/aromatic N) is 3. The van der Waals surface area contributed by atoms with E-state index in [-0.39, 0.29) is 17.9 Å². The summed E-state index contributed by atoms with van der Waals surface area (Å²) in [5, 5.41) is 11.7. The van der Waals surface area contributed by atoms with Crippen molar-refractivity contribution in [2.24, 2.45) is 5.92 Å². The average Bonchev–Trinajstić information content (AvgIpc) is 2.89. The summed E-state index contributed by atoms with van der Waals surface area (Å²) in [7, 11) is 0. The Balaban J connectivity index is 1.04. The van der Waals surface area contributed by atoms with Gasteiger partial charge in [0.25, 0.3) is 0 Å². The van der Waals surface area contributed by atoms with E-state index in [0.717, 1.165) is 58.7 Å². The Morgan fingerprint density at radius 1 is 1.08 bits per heavy atom. The largest absolute Gasteiger partial charge is 0.377 e. The normalized spacial score (nSPS) is 20.7. The topological polar surface area (TPSA) is 101 Å². The van der Waals surface area contributed by atoms with Crippen LogP contribution in [0.5, 0.6) is 0 Å². The number of aromatic nitrogens is 3. The van der Waals surface area contributed by atoms with Gasteiger partial charge in [-0.3, -0.25) is 4.79 Å². The van der Waals surface area contributed by atoms with Crippen molar-refractivity contribution in [1.29, 1.82) is 0 Å². The summed E-state index contributed by atoms with van der Waals surface area (Å²) in [6, 6.07) is 8.79. The number of aryl methyl sites for hydroxylation is 1. The molecular formula is C28H35ClN6O2. The Kier molecular flexibility index (Phi) is 8.05. The van der Waals surface area contributed by atoms with E-state index in [0.29, 0.717) is 31.1 Å². The Morgan fingerprint density at radius 3 is 2.51 bits per heavy atom. The fourth-order valence-electron chi connectivity index (χ4n) is 4.98. The molecule has 1 aromatic carbocycles. The molecule has 0 bridgehead atoms. The molecule has 3 heterocycles. The van der Waals surface area contributed by atoms with E-state index in [9.17, 15) is 4.79 Å². The third-order valence-electron chi connectivity index (χ3n) is 7.58. The molecule has 3 aromatic rings. The highest BCUT2D eigenvalue weighted by Crippen LogP contribution is 2.30. The smallest absolute Gasteiger partial charge is 0.227 e. The van der Waals surface area contributed by atoms with Crippen LogP contribution in [0.25, 0.3) is 10.9 Å². The number of fused-ring (bicyclic) bond motifs is 1. The summed E-state index contributed by atoms with van der Waals surface area (Å²) < 4.78 is 5.11. The van der Waals surface area contributed by atoms with Crippen LogP contribution in [0.4, 0.5) is 11.8 Å². The Hall–Kier alpha value is -2.97. The zero-order chi connectivity index (χ0) is 25.8. The number of ether oxygens (including phenoxy) is 1. The molecule has 5 rings (SSSR count). The number of amides is 1. The van der Waals surface area contributed by atoms with Crippen LogP contribution >= 0.6 is 11.6 Å². The summed E-state index contributed by atoms with van der Waals surface area (Å²) in [5.41, 5.74) is 2.72. The summed E-state index contributed by atoms with van der Waals surface area (Å²) in [5.74, 6) is 1.89. The minimum Gasteiger partial charge on any atom is -0.377 e. The van der Waals surface area contributed by atoms with Crippen LogP contribution < -0.4 is 16.0 Å². The minimum atomic E-state index is -0.288. The van der Waals surface area contributed by atoms with Gasteiger partial charge in [-0.15, -0.1) is 0 Å². The first-order chi connectivity index (χ1) is 18.0. The predicted molar refractivity (Wildman–Crippen MR) is 147 cm³/mol. The van der Waals surface area contributed by atoms with Gasteiger partial charge in [0.15, 0.2) is 0 Å². The van der Waals surface area contributed by atoms with Crippen molar-refractivity contribution < 1.29 is 9.53 Å². The average molecular weight is 523 g/mol. The lowest BCUT2D eigenvalue weighted by molar-refractivity contribution is -0.126. The second kappa shape index (κ2) is 11.6. The third-order valence-corrected chi connectivity index (χ3v) is 8.05. The summed E-state index contributed by atoms with van der Waals surface area (Å²) in [6.45, 7) is 5.90. The number of carbonyl (C=O) groups is 1. The van der Waals surface area contributed by atoms with Crippen LogP contribution in [0.2, 0.25) is 5.02 Å². The number of benzene rings is 1. The number of halogens is 1. The van der Waals surface area contributed by atoms with Gasteiger partial charge in [0.2, 0.25) is 11.9 Å². The van der Waals surface area contributed by atoms with Crippen molar-refractivity contribution in [2.75, 3.05) is 30.4 Å². The van der Waals surface area contributed by atoms with E-state index >= 15 is 0 Å². The van der Waals surface area contributed by atoms with Crippen LogP contribution in [-0.4, -0.2) is 52.7 Å². The maximum atomic E-state index is 12.3. The van der Waals surface area contributed by atoms with Gasteiger partial charge in [-0.25, -0.2) is 15.0 Å². The highest BCUT2D eigenvalue weighted by Gasteiger charge is 2.24. The van der Waals surface area contributed by atoms with E-state index in [2.05, 4.69) is 38.1 Å². The highest BCUT2D eigenvalue weighted by atomic mass is 35.5. The van der Waals surface area contributed by atoms with Crippen LogP contribution in [-0.2, 0) is 9.53 Å². The lowest BCUT2D eigenvalue weighted by Crippen LogP contribution is -2.49. The molecule has 1 atom stereocenters. The lowest BCUT2D eigenvalue weighted by atomic mass is 9.84. The molecule has 1 saturated heterocycles. The van der Waals surface area contributed by atoms with Crippen molar-refractivity contribution in [3.05, 3.63) is 52.8 Å². The molecule has 0 spiro atoms. The van der Waals surface area contributed by atoms with Gasteiger partial charge in [-0.1, -0.05) is 23.7 Å². The number of rotatable bonds is 9. The Morgan fingerprint density at radius 2 is 1.81 bits per heavy atom. The zero-order valence-electron chi connectivity index (χ0n) is 21.5. The maximum Gasteiger partial charge on any atom is 0.227 e. The zero-order valence-corrected chi connectivity index (χ0v) is 22.2. The van der Waals surface area contributed by atoms with Crippen LogP contribution in [0, 0.1) is 12.8 Å². The lowest BCUT2D eigenvalue weighted by Gasteiger charge is -2.29. The first kappa shape index (κ1) is 25.7. The van der Waals surface area contributed by atoms with Crippen LogP contribution in [0.1, 0.15) is 56.1 Å². The minimum absolute atomic E-state index is 0.0157. The van der Waals surface area contributed by atoms with Crippen molar-refractivity contribution >= 4 is 40.2 Å². The van der Waals surface area contributed by atoms with Crippen LogP contribution in [0.3, 0.4) is 0 Å². The summed E-state index contributed by atoms with van der Waals surface area (Å²) >= 11 is 6.48. The molecule has 2 fully saturated rings. The van der Waals surface area contributed by atoms with Gasteiger partial charge in [-0.05, 0) is 69.6 Å². The molecule has 1 saturated carbocycles. The second-order valence-corrected chi connectivity index (χ2v) is 10.7. The molecule has 1 unspecified atom stereocenters. The van der Waals surface area contributed by atoms with Crippen molar-refractivity contribution in [3.8, 4) is 0 Å². The number of anilines is 2. The van der Waals surface area contributed by atoms with Crippen LogP contribution in [0.15, 0.2) is 36.7 Å². The number of carbonyl (C=O) groups excluding carboxylic acids is 1. The molecule has 2 aromatic heterocycles. The maximum absolute atomic E-state index is 12.3. The number of hydrogen-bond acceptors (Lipinski definition) is 7. The van der Waals surface area contributed by atoms with E-state index in [1.54, 1.807) is 12.4 Å². The van der Waals surface area contributed by atoms with Gasteiger partial charge < -0.3 is 20.7 Å². The molecule has 0 radical (unpaired) electrons. The molecule has 9 heteroatoms. The molecule has 8 nitrogen and oxygen atoms in total. The monoisotopic (exact) mass is 522 g/mol.